The zero-order chi connectivity index (χ0) is 10.9. The Balaban J connectivity index is 2.30. The molecule has 0 radical (unpaired) electrons. The molecule has 80 valence electrons. The molecule has 2 rings (SSSR count). The van der Waals surface area contributed by atoms with Gasteiger partial charge in [-0.05, 0) is 32.8 Å². The zero-order valence-corrected chi connectivity index (χ0v) is 9.83. The first-order valence-corrected chi connectivity index (χ1v) is 5.62. The molecule has 1 aliphatic rings. The fraction of sp³-hybridized carbons (Fsp3) is 0.429. The van der Waals surface area contributed by atoms with Crippen molar-refractivity contribution in [2.24, 2.45) is 0 Å². The van der Waals surface area contributed by atoms with Crippen LogP contribution in [0.1, 0.15) is 32.8 Å². The molecule has 0 N–H and O–H groups in total. The molecule has 0 unspecified atom stereocenters. The van der Waals surface area contributed by atoms with Crippen LogP contribution in [0.2, 0.25) is 0 Å². The Morgan fingerprint density at radius 3 is 2.33 bits per heavy atom. The van der Waals surface area contributed by atoms with Crippen molar-refractivity contribution in [2.75, 3.05) is 6.54 Å². The summed E-state index contributed by atoms with van der Waals surface area (Å²) in [5.74, 6) is 0. The second-order valence-electron chi connectivity index (χ2n) is 5.07. The average molecular weight is 201 g/mol. The van der Waals surface area contributed by atoms with E-state index in [1.165, 1.54) is 17.7 Å². The predicted molar refractivity (Wildman–Crippen MR) is 65.5 cm³/mol. The maximum atomic E-state index is 2.49. The highest BCUT2D eigenvalue weighted by Gasteiger charge is 2.26. The molecule has 0 saturated heterocycles. The topological polar surface area (TPSA) is 3.24 Å². The van der Waals surface area contributed by atoms with Crippen molar-refractivity contribution < 1.29 is 0 Å². The molecular formula is C14H19N. The van der Waals surface area contributed by atoms with Crippen molar-refractivity contribution >= 4 is 5.70 Å². The summed E-state index contributed by atoms with van der Waals surface area (Å²) in [6.07, 6.45) is 3.52. The second-order valence-corrected chi connectivity index (χ2v) is 5.07. The third-order valence-electron chi connectivity index (χ3n) is 2.86. The minimum atomic E-state index is 0.220. The van der Waals surface area contributed by atoms with Crippen LogP contribution < -0.4 is 0 Å². The molecule has 0 aromatic heterocycles. The maximum absolute atomic E-state index is 2.49. The average Bonchev–Trinajstić information content (AvgIpc) is 2.67. The van der Waals surface area contributed by atoms with Crippen LogP contribution in [-0.4, -0.2) is 17.0 Å². The summed E-state index contributed by atoms with van der Waals surface area (Å²) < 4.78 is 0. The Kier molecular flexibility index (Phi) is 2.56. The van der Waals surface area contributed by atoms with Crippen molar-refractivity contribution in [3.8, 4) is 0 Å². The summed E-state index contributed by atoms with van der Waals surface area (Å²) in [6, 6.07) is 10.7. The Morgan fingerprint density at radius 1 is 1.07 bits per heavy atom. The van der Waals surface area contributed by atoms with Gasteiger partial charge >= 0.3 is 0 Å². The van der Waals surface area contributed by atoms with Crippen molar-refractivity contribution in [1.82, 2.24) is 4.90 Å². The van der Waals surface area contributed by atoms with Gasteiger partial charge in [0.05, 0.1) is 0 Å². The summed E-state index contributed by atoms with van der Waals surface area (Å²) in [5, 5.41) is 0. The van der Waals surface area contributed by atoms with E-state index in [1.807, 2.05) is 0 Å². The predicted octanol–water partition coefficient (Wildman–Crippen LogP) is 3.53. The van der Waals surface area contributed by atoms with E-state index >= 15 is 0 Å². The summed E-state index contributed by atoms with van der Waals surface area (Å²) >= 11 is 0. The monoisotopic (exact) mass is 201 g/mol. The number of benzene rings is 1. The van der Waals surface area contributed by atoms with Crippen LogP contribution in [0, 0.1) is 0 Å². The minimum absolute atomic E-state index is 0.220. The lowest BCUT2D eigenvalue weighted by atomic mass is 10.0. The van der Waals surface area contributed by atoms with Gasteiger partial charge in [-0.2, -0.15) is 0 Å². The first-order chi connectivity index (χ1) is 7.09. The van der Waals surface area contributed by atoms with Crippen molar-refractivity contribution in [2.45, 2.75) is 32.7 Å². The molecule has 1 heteroatoms. The van der Waals surface area contributed by atoms with Gasteiger partial charge in [0.15, 0.2) is 0 Å². The molecule has 1 aromatic carbocycles. The van der Waals surface area contributed by atoms with Gasteiger partial charge in [0.1, 0.15) is 0 Å². The lowest BCUT2D eigenvalue weighted by Crippen LogP contribution is -2.38. The largest absolute Gasteiger partial charge is 0.366 e. The van der Waals surface area contributed by atoms with E-state index in [2.05, 4.69) is 62.1 Å². The van der Waals surface area contributed by atoms with Gasteiger partial charge in [-0.15, -0.1) is 0 Å². The van der Waals surface area contributed by atoms with E-state index in [0.29, 0.717) is 0 Å². The lowest BCUT2D eigenvalue weighted by Gasteiger charge is -2.36. The molecular weight excluding hydrogens is 182 g/mol. The van der Waals surface area contributed by atoms with Crippen LogP contribution in [0.4, 0.5) is 0 Å². The molecule has 0 saturated carbocycles. The highest BCUT2D eigenvalue weighted by molar-refractivity contribution is 5.66. The first kappa shape index (κ1) is 10.3. The van der Waals surface area contributed by atoms with Crippen molar-refractivity contribution in [3.63, 3.8) is 0 Å². The quantitative estimate of drug-likeness (QED) is 0.672. The van der Waals surface area contributed by atoms with Gasteiger partial charge < -0.3 is 4.90 Å². The number of nitrogens with zero attached hydrogens (tertiary/aromatic N) is 1. The van der Waals surface area contributed by atoms with Gasteiger partial charge in [-0.25, -0.2) is 0 Å². The molecule has 0 bridgehead atoms. The van der Waals surface area contributed by atoms with Gasteiger partial charge in [0.25, 0.3) is 0 Å². The summed E-state index contributed by atoms with van der Waals surface area (Å²) in [4.78, 5) is 2.49. The molecule has 1 aromatic rings. The molecule has 0 spiro atoms. The SMILES string of the molecule is CC(C)(C)N1CCC=C1c1ccccc1. The van der Waals surface area contributed by atoms with Crippen LogP contribution >= 0.6 is 0 Å². The molecule has 15 heavy (non-hydrogen) atoms. The smallest absolute Gasteiger partial charge is 0.0404 e. The number of hydrogen-bond donors (Lipinski definition) is 0. The Hall–Kier alpha value is -1.24. The van der Waals surface area contributed by atoms with Crippen LogP contribution in [0.15, 0.2) is 36.4 Å². The highest BCUT2D eigenvalue weighted by Crippen LogP contribution is 2.31. The third kappa shape index (κ3) is 2.06. The van der Waals surface area contributed by atoms with E-state index in [-0.39, 0.29) is 5.54 Å². The lowest BCUT2D eigenvalue weighted by molar-refractivity contribution is 0.237. The van der Waals surface area contributed by atoms with Crippen LogP contribution in [-0.2, 0) is 0 Å². The molecule has 1 nitrogen and oxygen atoms in total. The molecule has 0 fully saturated rings. The summed E-state index contributed by atoms with van der Waals surface area (Å²) in [6.45, 7) is 7.97. The molecule has 0 amide bonds. The van der Waals surface area contributed by atoms with Crippen molar-refractivity contribution in [1.29, 1.82) is 0 Å². The van der Waals surface area contributed by atoms with E-state index < -0.39 is 0 Å². The third-order valence-corrected chi connectivity index (χ3v) is 2.86. The van der Waals surface area contributed by atoms with E-state index in [1.54, 1.807) is 0 Å². The first-order valence-electron chi connectivity index (χ1n) is 5.62. The normalized spacial score (nSPS) is 16.7. The molecule has 1 aliphatic heterocycles. The standard InChI is InChI=1S/C14H19N/c1-14(2,3)15-11-7-10-13(15)12-8-5-4-6-9-12/h4-6,8-10H,7,11H2,1-3H3. The van der Waals surface area contributed by atoms with Crippen LogP contribution in [0.25, 0.3) is 5.70 Å². The fourth-order valence-electron chi connectivity index (χ4n) is 2.14. The zero-order valence-electron chi connectivity index (χ0n) is 9.83. The Bertz CT molecular complexity index is 357. The maximum Gasteiger partial charge on any atom is 0.0404 e. The fourth-order valence-corrected chi connectivity index (χ4v) is 2.14. The molecule has 1 heterocycles. The number of hydrogen-bond acceptors (Lipinski definition) is 1. The van der Waals surface area contributed by atoms with Gasteiger partial charge in [-0.1, -0.05) is 36.4 Å². The van der Waals surface area contributed by atoms with Gasteiger partial charge in [0, 0.05) is 17.8 Å². The Morgan fingerprint density at radius 2 is 1.73 bits per heavy atom. The van der Waals surface area contributed by atoms with E-state index in [0.717, 1.165) is 6.54 Å². The molecule has 0 atom stereocenters. The molecule has 0 aliphatic carbocycles. The summed E-state index contributed by atoms with van der Waals surface area (Å²) in [7, 11) is 0. The van der Waals surface area contributed by atoms with Gasteiger partial charge in [-0.3, -0.25) is 0 Å². The number of rotatable bonds is 1. The minimum Gasteiger partial charge on any atom is -0.366 e. The van der Waals surface area contributed by atoms with E-state index in [9.17, 15) is 0 Å². The second kappa shape index (κ2) is 3.73. The van der Waals surface area contributed by atoms with Crippen molar-refractivity contribution in [3.05, 3.63) is 42.0 Å². The van der Waals surface area contributed by atoms with E-state index in [4.69, 9.17) is 0 Å². The highest BCUT2D eigenvalue weighted by atomic mass is 15.2. The Labute approximate surface area is 92.4 Å². The van der Waals surface area contributed by atoms with Crippen LogP contribution in [0.5, 0.6) is 0 Å². The van der Waals surface area contributed by atoms with Crippen LogP contribution in [0.3, 0.4) is 0 Å². The van der Waals surface area contributed by atoms with Gasteiger partial charge in [0.2, 0.25) is 0 Å². The summed E-state index contributed by atoms with van der Waals surface area (Å²) in [5.41, 5.74) is 2.95.